The van der Waals surface area contributed by atoms with Crippen molar-refractivity contribution in [3.63, 3.8) is 0 Å². The molecule has 0 bridgehead atoms. The summed E-state index contributed by atoms with van der Waals surface area (Å²) >= 11 is 0. The summed E-state index contributed by atoms with van der Waals surface area (Å²) in [4.78, 5) is 12.3. The van der Waals surface area contributed by atoms with Crippen molar-refractivity contribution in [3.05, 3.63) is 58.1 Å². The first-order valence-electron chi connectivity index (χ1n) is 9.44. The van der Waals surface area contributed by atoms with Crippen LogP contribution in [0.3, 0.4) is 0 Å². The van der Waals surface area contributed by atoms with Crippen LogP contribution in [-0.2, 0) is 9.53 Å². The fraction of sp³-hybridized carbons (Fsp3) is 0.409. The van der Waals surface area contributed by atoms with Crippen molar-refractivity contribution in [1.29, 1.82) is 0 Å². The molecule has 1 unspecified atom stereocenters. The molecule has 4 N–H and O–H groups in total. The monoisotopic (exact) mass is 369 g/mol. The third kappa shape index (κ3) is 4.61. The van der Waals surface area contributed by atoms with Crippen molar-refractivity contribution in [1.82, 2.24) is 0 Å². The summed E-state index contributed by atoms with van der Waals surface area (Å²) in [7, 11) is 0. The average molecular weight is 370 g/mol. The van der Waals surface area contributed by atoms with E-state index in [-0.39, 0.29) is 18.3 Å². The largest absolute Gasteiger partial charge is 0.466 e. The SMILES string of the molecule is CCOC(=O)CC(c1ccc(C)c(C)c1)c1ccc(N(N)CC)c(N)c1C. The number of anilines is 2. The van der Waals surface area contributed by atoms with Crippen LogP contribution in [0.2, 0.25) is 0 Å². The Hall–Kier alpha value is -2.53. The molecule has 0 aliphatic heterocycles. The summed E-state index contributed by atoms with van der Waals surface area (Å²) in [6.45, 7) is 11.0. The van der Waals surface area contributed by atoms with E-state index >= 15 is 0 Å². The third-order valence-corrected chi connectivity index (χ3v) is 5.17. The van der Waals surface area contributed by atoms with Crippen LogP contribution in [0, 0.1) is 20.8 Å². The second-order valence-corrected chi connectivity index (χ2v) is 6.90. The summed E-state index contributed by atoms with van der Waals surface area (Å²) in [5.41, 5.74) is 13.3. The van der Waals surface area contributed by atoms with E-state index < -0.39 is 0 Å². The molecule has 0 heterocycles. The number of nitrogens with zero attached hydrogens (tertiary/aromatic N) is 1. The number of carbonyl (C=O) groups is 1. The van der Waals surface area contributed by atoms with E-state index in [0.717, 1.165) is 22.4 Å². The highest BCUT2D eigenvalue weighted by Gasteiger charge is 2.23. The minimum Gasteiger partial charge on any atom is -0.466 e. The topological polar surface area (TPSA) is 81.6 Å². The molecule has 0 radical (unpaired) electrons. The zero-order valence-corrected chi connectivity index (χ0v) is 17.0. The number of esters is 1. The number of hydrazine groups is 1. The molecule has 0 fully saturated rings. The molecular formula is C22H31N3O2. The van der Waals surface area contributed by atoms with Gasteiger partial charge in [-0.15, -0.1) is 0 Å². The van der Waals surface area contributed by atoms with E-state index in [2.05, 4.69) is 32.0 Å². The fourth-order valence-electron chi connectivity index (χ4n) is 3.30. The Kier molecular flexibility index (Phi) is 6.86. The third-order valence-electron chi connectivity index (χ3n) is 5.17. The molecular weight excluding hydrogens is 338 g/mol. The number of nitrogen functional groups attached to an aromatic ring is 1. The minimum absolute atomic E-state index is 0.118. The van der Waals surface area contributed by atoms with E-state index in [1.165, 1.54) is 11.1 Å². The van der Waals surface area contributed by atoms with Gasteiger partial charge in [-0.05, 0) is 68.5 Å². The fourth-order valence-corrected chi connectivity index (χ4v) is 3.30. The highest BCUT2D eigenvalue weighted by molar-refractivity contribution is 5.75. The predicted molar refractivity (Wildman–Crippen MR) is 112 cm³/mol. The summed E-state index contributed by atoms with van der Waals surface area (Å²) in [6.07, 6.45) is 0.274. The maximum Gasteiger partial charge on any atom is 0.306 e. The van der Waals surface area contributed by atoms with Gasteiger partial charge in [-0.1, -0.05) is 24.3 Å². The Morgan fingerprint density at radius 2 is 1.81 bits per heavy atom. The number of aryl methyl sites for hydroxylation is 2. The summed E-state index contributed by atoms with van der Waals surface area (Å²) in [6, 6.07) is 10.3. The van der Waals surface area contributed by atoms with E-state index in [9.17, 15) is 4.79 Å². The lowest BCUT2D eigenvalue weighted by Gasteiger charge is -2.25. The van der Waals surface area contributed by atoms with Crippen molar-refractivity contribution in [2.75, 3.05) is 23.9 Å². The van der Waals surface area contributed by atoms with Crippen molar-refractivity contribution in [2.24, 2.45) is 5.84 Å². The van der Waals surface area contributed by atoms with Crippen LogP contribution in [0.25, 0.3) is 0 Å². The molecule has 0 saturated carbocycles. The van der Waals surface area contributed by atoms with Gasteiger partial charge in [0.05, 0.1) is 24.4 Å². The second-order valence-electron chi connectivity index (χ2n) is 6.90. The Morgan fingerprint density at radius 1 is 1.11 bits per heavy atom. The number of hydrogen-bond acceptors (Lipinski definition) is 5. The lowest BCUT2D eigenvalue weighted by molar-refractivity contribution is -0.143. The molecule has 5 heteroatoms. The van der Waals surface area contributed by atoms with E-state index in [0.29, 0.717) is 18.8 Å². The maximum atomic E-state index is 12.3. The van der Waals surface area contributed by atoms with Crippen LogP contribution in [0.1, 0.15) is 54.0 Å². The van der Waals surface area contributed by atoms with Crippen LogP contribution in [0.5, 0.6) is 0 Å². The van der Waals surface area contributed by atoms with Gasteiger partial charge in [0.15, 0.2) is 0 Å². The minimum atomic E-state index is -0.211. The summed E-state index contributed by atoms with van der Waals surface area (Å²) < 4.78 is 5.22. The van der Waals surface area contributed by atoms with E-state index in [4.69, 9.17) is 16.3 Å². The van der Waals surface area contributed by atoms with Gasteiger partial charge >= 0.3 is 5.97 Å². The zero-order chi connectivity index (χ0) is 20.1. The Labute approximate surface area is 162 Å². The lowest BCUT2D eigenvalue weighted by atomic mass is 9.84. The molecule has 2 aromatic carbocycles. The van der Waals surface area contributed by atoms with Gasteiger partial charge in [0.25, 0.3) is 0 Å². The van der Waals surface area contributed by atoms with Gasteiger partial charge in [0.1, 0.15) is 0 Å². The Bertz CT molecular complexity index is 817. The van der Waals surface area contributed by atoms with Crippen molar-refractivity contribution >= 4 is 17.3 Å². The standard InChI is InChI=1S/C22H31N3O2/c1-6-25(24)20-11-10-18(16(5)22(20)23)19(13-21(26)27-7-2)17-9-8-14(3)15(4)12-17/h8-12,19H,6-7,13,23-24H2,1-5H3. The number of carbonyl (C=O) groups excluding carboxylic acids is 1. The summed E-state index contributed by atoms with van der Waals surface area (Å²) in [5.74, 6) is 5.71. The molecule has 2 rings (SSSR count). The normalized spacial score (nSPS) is 11.9. The van der Waals surface area contributed by atoms with Gasteiger partial charge in [-0.2, -0.15) is 0 Å². The molecule has 0 aromatic heterocycles. The first-order valence-corrected chi connectivity index (χ1v) is 9.44. The van der Waals surface area contributed by atoms with E-state index in [1.807, 2.05) is 32.9 Å². The molecule has 0 aliphatic carbocycles. The molecule has 27 heavy (non-hydrogen) atoms. The molecule has 5 nitrogen and oxygen atoms in total. The molecule has 0 saturated heterocycles. The number of ether oxygens (including phenoxy) is 1. The van der Waals surface area contributed by atoms with Crippen molar-refractivity contribution < 1.29 is 9.53 Å². The zero-order valence-electron chi connectivity index (χ0n) is 17.0. The smallest absolute Gasteiger partial charge is 0.306 e. The number of rotatable bonds is 7. The molecule has 2 aromatic rings. The molecule has 0 amide bonds. The Balaban J connectivity index is 2.54. The molecule has 1 atom stereocenters. The molecule has 0 aliphatic rings. The van der Waals surface area contributed by atoms with Crippen LogP contribution in [0.15, 0.2) is 30.3 Å². The van der Waals surface area contributed by atoms with Crippen LogP contribution in [0.4, 0.5) is 11.4 Å². The number of benzene rings is 2. The highest BCUT2D eigenvalue weighted by Crippen LogP contribution is 2.37. The number of hydrogen-bond donors (Lipinski definition) is 2. The van der Waals surface area contributed by atoms with Crippen LogP contribution in [-0.4, -0.2) is 19.1 Å². The lowest BCUT2D eigenvalue weighted by Crippen LogP contribution is -2.31. The Morgan fingerprint density at radius 3 is 2.41 bits per heavy atom. The van der Waals surface area contributed by atoms with E-state index in [1.54, 1.807) is 5.01 Å². The van der Waals surface area contributed by atoms with Crippen LogP contribution < -0.4 is 16.6 Å². The second kappa shape index (κ2) is 8.91. The first-order chi connectivity index (χ1) is 12.8. The van der Waals surface area contributed by atoms with Gasteiger partial charge in [0, 0.05) is 12.5 Å². The van der Waals surface area contributed by atoms with Gasteiger partial charge < -0.3 is 15.5 Å². The quantitative estimate of drug-likeness (QED) is 0.334. The van der Waals surface area contributed by atoms with Gasteiger partial charge in [-0.25, -0.2) is 5.84 Å². The first kappa shape index (κ1) is 20.8. The number of nitrogens with two attached hydrogens (primary N) is 2. The van der Waals surface area contributed by atoms with Crippen molar-refractivity contribution in [3.8, 4) is 0 Å². The van der Waals surface area contributed by atoms with Crippen LogP contribution >= 0.6 is 0 Å². The van der Waals surface area contributed by atoms with Crippen molar-refractivity contribution in [2.45, 2.75) is 47.0 Å². The maximum absolute atomic E-state index is 12.3. The van der Waals surface area contributed by atoms with Gasteiger partial charge in [0.2, 0.25) is 0 Å². The predicted octanol–water partition coefficient (Wildman–Crippen LogP) is 3.98. The molecule has 146 valence electrons. The summed E-state index contributed by atoms with van der Waals surface area (Å²) in [5, 5.41) is 1.63. The highest BCUT2D eigenvalue weighted by atomic mass is 16.5. The average Bonchev–Trinajstić information content (AvgIpc) is 2.64. The molecule has 0 spiro atoms. The van der Waals surface area contributed by atoms with Gasteiger partial charge in [-0.3, -0.25) is 4.79 Å².